The maximum atomic E-state index is 13.5. The number of ketones is 1. The number of nitro benzene ring substituents is 1. The number of aliphatic hydroxyl groups excluding tert-OH is 1. The summed E-state index contributed by atoms with van der Waals surface area (Å²) in [5.74, 6) is -0.690. The molecule has 0 saturated carbocycles. The molecule has 0 bridgehead atoms. The fraction of sp³-hybridized carbons (Fsp3) is 0.192. The van der Waals surface area contributed by atoms with E-state index < -0.39 is 16.7 Å². The molecule has 0 spiro atoms. The molecule has 0 saturated heterocycles. The lowest BCUT2D eigenvalue weighted by Gasteiger charge is -2.08. The predicted molar refractivity (Wildman–Crippen MR) is 133 cm³/mol. The number of hydrogen-bond acceptors (Lipinski definition) is 8. The number of hydrogen-bond donors (Lipinski definition) is 1. The van der Waals surface area contributed by atoms with Crippen molar-refractivity contribution < 1.29 is 29.2 Å². The van der Waals surface area contributed by atoms with Crippen molar-refractivity contribution >= 4 is 45.0 Å². The average Bonchev–Trinajstić information content (AvgIpc) is 3.20. The number of carbonyl (C=O) groups is 2. The lowest BCUT2D eigenvalue weighted by molar-refractivity contribution is -0.384. The van der Waals surface area contributed by atoms with E-state index in [-0.39, 0.29) is 30.2 Å². The second kappa shape index (κ2) is 10.4. The normalized spacial score (nSPS) is 11.6. The second-order valence-electron chi connectivity index (χ2n) is 7.88. The zero-order valence-corrected chi connectivity index (χ0v) is 19.6. The third kappa shape index (κ3) is 4.80. The van der Waals surface area contributed by atoms with Gasteiger partial charge in [0.25, 0.3) is 5.69 Å². The lowest BCUT2D eigenvalue weighted by atomic mass is 9.99. The molecule has 0 amide bonds. The summed E-state index contributed by atoms with van der Waals surface area (Å²) in [4.78, 5) is 40.7. The third-order valence-electron chi connectivity index (χ3n) is 5.61. The van der Waals surface area contributed by atoms with Gasteiger partial charge in [-0.3, -0.25) is 14.9 Å². The summed E-state index contributed by atoms with van der Waals surface area (Å²) in [5.41, 5.74) is 2.17. The smallest absolute Gasteiger partial charge is 0.332 e. The van der Waals surface area contributed by atoms with Crippen LogP contribution < -0.4 is 4.74 Å². The molecule has 3 aromatic carbocycles. The number of aromatic nitrogens is 1. The Bertz CT molecular complexity index is 1500. The Kier molecular flexibility index (Phi) is 7.07. The number of nitrogens with zero attached hydrogens (tertiary/aromatic N) is 3. The van der Waals surface area contributed by atoms with Crippen LogP contribution in [-0.2, 0) is 16.2 Å². The van der Waals surface area contributed by atoms with Gasteiger partial charge in [-0.1, -0.05) is 5.16 Å². The van der Waals surface area contributed by atoms with Crippen LogP contribution in [-0.4, -0.2) is 45.3 Å². The molecule has 0 radical (unpaired) electrons. The Morgan fingerprint density at radius 1 is 1.00 bits per heavy atom. The molecular formula is C26H23N3O7. The van der Waals surface area contributed by atoms with Crippen LogP contribution in [0, 0.1) is 10.1 Å². The molecule has 0 aliphatic carbocycles. The van der Waals surface area contributed by atoms with Crippen molar-refractivity contribution in [3.8, 4) is 5.75 Å². The van der Waals surface area contributed by atoms with Crippen molar-refractivity contribution in [3.63, 3.8) is 0 Å². The van der Waals surface area contributed by atoms with Gasteiger partial charge in [0, 0.05) is 58.5 Å². The number of aliphatic hydroxyl groups is 1. The summed E-state index contributed by atoms with van der Waals surface area (Å²) in [6, 6.07) is 16.2. The maximum Gasteiger partial charge on any atom is 0.332 e. The van der Waals surface area contributed by atoms with E-state index >= 15 is 0 Å². The highest BCUT2D eigenvalue weighted by molar-refractivity contribution is 6.51. The minimum atomic E-state index is -0.683. The standard InChI is InChI=1S/C26H23N3O7/c1-3-28-23-10-6-18(14-21(23)22-15-19(29(33)34)7-11-24(22)28)26(32)25(27-36-16(2)31)17-4-8-20(9-5-17)35-13-12-30/h4-11,14-15,30H,3,12-13H2,1-2H3/b27-25+. The van der Waals surface area contributed by atoms with Crippen LogP contribution in [0.3, 0.4) is 0 Å². The summed E-state index contributed by atoms with van der Waals surface area (Å²) in [7, 11) is 0. The Labute approximate surface area is 205 Å². The number of non-ortho nitro benzene ring substituents is 1. The maximum absolute atomic E-state index is 13.5. The van der Waals surface area contributed by atoms with E-state index in [1.165, 1.54) is 19.1 Å². The van der Waals surface area contributed by atoms with E-state index in [0.717, 1.165) is 11.0 Å². The van der Waals surface area contributed by atoms with Gasteiger partial charge in [-0.05, 0) is 55.5 Å². The van der Waals surface area contributed by atoms with Crippen molar-refractivity contribution in [2.24, 2.45) is 5.16 Å². The summed E-state index contributed by atoms with van der Waals surface area (Å²) in [6.45, 7) is 3.76. The Balaban J connectivity index is 1.81. The monoisotopic (exact) mass is 489 g/mol. The lowest BCUT2D eigenvalue weighted by Crippen LogP contribution is -2.17. The number of Topliss-reactive ketones (excluding diaryl/α,β-unsaturated/α-hetero) is 1. The highest BCUT2D eigenvalue weighted by atomic mass is 16.7. The number of benzene rings is 3. The van der Waals surface area contributed by atoms with Crippen LogP contribution in [0.5, 0.6) is 5.75 Å². The molecular weight excluding hydrogens is 466 g/mol. The van der Waals surface area contributed by atoms with Crippen LogP contribution >= 0.6 is 0 Å². The SMILES string of the molecule is CCn1c2ccc(C(=O)/C(=N/OC(C)=O)c3ccc(OCCO)cc3)cc2c2cc([N+](=O)[O-])ccc21. The van der Waals surface area contributed by atoms with E-state index in [9.17, 15) is 19.7 Å². The summed E-state index contributed by atoms with van der Waals surface area (Å²) in [5, 5.41) is 25.4. The molecule has 4 rings (SSSR count). The Morgan fingerprint density at radius 2 is 1.64 bits per heavy atom. The highest BCUT2D eigenvalue weighted by Gasteiger charge is 2.21. The fourth-order valence-electron chi connectivity index (χ4n) is 4.03. The third-order valence-corrected chi connectivity index (χ3v) is 5.61. The largest absolute Gasteiger partial charge is 0.491 e. The molecule has 4 aromatic rings. The molecule has 1 N–H and O–H groups in total. The van der Waals surface area contributed by atoms with Crippen LogP contribution in [0.15, 0.2) is 65.8 Å². The zero-order chi connectivity index (χ0) is 25.8. The van der Waals surface area contributed by atoms with Gasteiger partial charge in [-0.25, -0.2) is 4.79 Å². The number of nitro groups is 1. The van der Waals surface area contributed by atoms with E-state index in [4.69, 9.17) is 14.7 Å². The molecule has 1 aromatic heterocycles. The molecule has 1 heterocycles. The van der Waals surface area contributed by atoms with Gasteiger partial charge in [0.2, 0.25) is 5.78 Å². The molecule has 10 heteroatoms. The van der Waals surface area contributed by atoms with Crippen molar-refractivity contribution in [3.05, 3.63) is 81.9 Å². The predicted octanol–water partition coefficient (Wildman–Crippen LogP) is 4.24. The van der Waals surface area contributed by atoms with Gasteiger partial charge >= 0.3 is 5.97 Å². The molecule has 10 nitrogen and oxygen atoms in total. The van der Waals surface area contributed by atoms with Gasteiger partial charge in [0.15, 0.2) is 5.71 Å². The van der Waals surface area contributed by atoms with E-state index in [1.54, 1.807) is 48.5 Å². The van der Waals surface area contributed by atoms with Crippen LogP contribution in [0.25, 0.3) is 21.8 Å². The van der Waals surface area contributed by atoms with Gasteiger partial charge in [0.1, 0.15) is 12.4 Å². The van der Waals surface area contributed by atoms with E-state index in [2.05, 4.69) is 5.16 Å². The number of carbonyl (C=O) groups excluding carboxylic acids is 2. The zero-order valence-electron chi connectivity index (χ0n) is 19.6. The van der Waals surface area contributed by atoms with Gasteiger partial charge < -0.3 is 19.2 Å². The molecule has 0 fully saturated rings. The van der Waals surface area contributed by atoms with Crippen molar-refractivity contribution in [1.82, 2.24) is 4.57 Å². The second-order valence-corrected chi connectivity index (χ2v) is 7.88. The Hall–Kier alpha value is -4.57. The van der Waals surface area contributed by atoms with Crippen LogP contribution in [0.4, 0.5) is 5.69 Å². The topological polar surface area (TPSA) is 133 Å². The first kappa shape index (κ1) is 24.6. The highest BCUT2D eigenvalue weighted by Crippen LogP contribution is 2.32. The number of rotatable bonds is 9. The minimum Gasteiger partial charge on any atom is -0.491 e. The number of fused-ring (bicyclic) bond motifs is 3. The first-order valence-electron chi connectivity index (χ1n) is 11.2. The van der Waals surface area contributed by atoms with Gasteiger partial charge in [-0.15, -0.1) is 0 Å². The van der Waals surface area contributed by atoms with E-state index in [1.807, 2.05) is 11.5 Å². The van der Waals surface area contributed by atoms with Crippen LogP contribution in [0.2, 0.25) is 0 Å². The average molecular weight is 489 g/mol. The fourth-order valence-corrected chi connectivity index (χ4v) is 4.03. The van der Waals surface area contributed by atoms with Crippen LogP contribution in [0.1, 0.15) is 29.8 Å². The number of aryl methyl sites for hydroxylation is 1. The Morgan fingerprint density at radius 3 is 2.25 bits per heavy atom. The summed E-state index contributed by atoms with van der Waals surface area (Å²) >= 11 is 0. The summed E-state index contributed by atoms with van der Waals surface area (Å²) in [6.07, 6.45) is 0. The molecule has 0 atom stereocenters. The van der Waals surface area contributed by atoms with Gasteiger partial charge in [0.05, 0.1) is 11.5 Å². The summed E-state index contributed by atoms with van der Waals surface area (Å²) < 4.78 is 7.37. The number of ether oxygens (including phenoxy) is 1. The first-order chi connectivity index (χ1) is 17.3. The van der Waals surface area contributed by atoms with Crippen molar-refractivity contribution in [2.75, 3.05) is 13.2 Å². The quantitative estimate of drug-likeness (QED) is 0.122. The molecule has 36 heavy (non-hydrogen) atoms. The molecule has 0 aliphatic rings. The first-order valence-corrected chi connectivity index (χ1v) is 11.2. The molecule has 0 unspecified atom stereocenters. The molecule has 184 valence electrons. The van der Waals surface area contributed by atoms with Crippen molar-refractivity contribution in [1.29, 1.82) is 0 Å². The number of oxime groups is 1. The minimum absolute atomic E-state index is 0.0463. The van der Waals surface area contributed by atoms with Gasteiger partial charge in [-0.2, -0.15) is 0 Å². The van der Waals surface area contributed by atoms with E-state index in [0.29, 0.717) is 28.6 Å². The van der Waals surface area contributed by atoms with Crippen molar-refractivity contribution in [2.45, 2.75) is 20.4 Å². The molecule has 0 aliphatic heterocycles.